The maximum absolute atomic E-state index is 5.67. The Bertz CT molecular complexity index is 770. The number of ether oxygens (including phenoxy) is 3. The molecule has 3 heterocycles. The van der Waals surface area contributed by atoms with E-state index in [2.05, 4.69) is 41.5 Å². The smallest absolute Gasteiger partial charge is 0.161 e. The van der Waals surface area contributed by atoms with Crippen LogP contribution in [0.2, 0.25) is 0 Å². The van der Waals surface area contributed by atoms with Crippen molar-refractivity contribution in [3.63, 3.8) is 0 Å². The lowest BCUT2D eigenvalue weighted by atomic mass is 9.82. The van der Waals surface area contributed by atoms with Gasteiger partial charge in [0.2, 0.25) is 0 Å². The number of methoxy groups -OCH3 is 2. The summed E-state index contributed by atoms with van der Waals surface area (Å²) < 4.78 is 16.7. The Balaban J connectivity index is 1.74. The van der Waals surface area contributed by atoms with E-state index in [1.54, 1.807) is 14.2 Å². The highest BCUT2D eigenvalue weighted by molar-refractivity contribution is 5.50. The number of aryl methyl sites for hydroxylation is 1. The number of benzene rings is 1. The van der Waals surface area contributed by atoms with Gasteiger partial charge in [-0.1, -0.05) is 6.07 Å². The average Bonchev–Trinajstić information content (AvgIpc) is 3.21. The van der Waals surface area contributed by atoms with E-state index in [9.17, 15) is 0 Å². The maximum atomic E-state index is 5.67. The van der Waals surface area contributed by atoms with Gasteiger partial charge < -0.3 is 19.5 Å². The predicted octanol–water partition coefficient (Wildman–Crippen LogP) is 3.37. The van der Waals surface area contributed by atoms with Gasteiger partial charge >= 0.3 is 0 Å². The van der Waals surface area contributed by atoms with Crippen LogP contribution in [0.4, 0.5) is 0 Å². The molecule has 0 saturated carbocycles. The number of nitrogens with zero attached hydrogens (tertiary/aromatic N) is 1. The number of hydrogen-bond donors (Lipinski definition) is 1. The van der Waals surface area contributed by atoms with Crippen LogP contribution in [0.25, 0.3) is 0 Å². The fraction of sp³-hybridized carbons (Fsp3) is 0.476. The number of aromatic nitrogens is 1. The fourth-order valence-corrected chi connectivity index (χ4v) is 4.07. The first kappa shape index (κ1) is 17.3. The summed E-state index contributed by atoms with van der Waals surface area (Å²) in [6.07, 6.45) is 3.89. The molecule has 2 aromatic rings. The first-order valence-corrected chi connectivity index (χ1v) is 9.20. The van der Waals surface area contributed by atoms with Crippen LogP contribution in [0.5, 0.6) is 11.5 Å². The number of fused-ring (bicyclic) bond motifs is 1. The topological polar surface area (TPSA) is 52.6 Å². The van der Waals surface area contributed by atoms with Crippen molar-refractivity contribution < 1.29 is 14.2 Å². The van der Waals surface area contributed by atoms with Gasteiger partial charge in [-0.05, 0) is 54.7 Å². The van der Waals surface area contributed by atoms with E-state index in [4.69, 9.17) is 14.2 Å². The molecule has 0 radical (unpaired) electrons. The van der Waals surface area contributed by atoms with Crippen LogP contribution in [0.1, 0.15) is 40.9 Å². The summed E-state index contributed by atoms with van der Waals surface area (Å²) >= 11 is 0. The zero-order chi connectivity index (χ0) is 18.1. The van der Waals surface area contributed by atoms with Crippen molar-refractivity contribution in [1.82, 2.24) is 10.3 Å². The largest absolute Gasteiger partial charge is 0.493 e. The summed E-state index contributed by atoms with van der Waals surface area (Å²) in [4.78, 5) is 4.66. The summed E-state index contributed by atoms with van der Waals surface area (Å²) in [6.45, 7) is 3.69. The van der Waals surface area contributed by atoms with Gasteiger partial charge in [0.05, 0.1) is 32.6 Å². The molecule has 1 unspecified atom stereocenters. The van der Waals surface area contributed by atoms with Gasteiger partial charge in [0, 0.05) is 24.8 Å². The molecule has 5 nitrogen and oxygen atoms in total. The average molecular weight is 354 g/mol. The van der Waals surface area contributed by atoms with Crippen LogP contribution < -0.4 is 14.8 Å². The van der Waals surface area contributed by atoms with E-state index < -0.39 is 0 Å². The van der Waals surface area contributed by atoms with Crippen molar-refractivity contribution in [2.45, 2.75) is 31.8 Å². The molecule has 26 heavy (non-hydrogen) atoms. The van der Waals surface area contributed by atoms with Crippen molar-refractivity contribution >= 4 is 0 Å². The molecule has 2 aliphatic heterocycles. The molecule has 2 aliphatic rings. The van der Waals surface area contributed by atoms with Crippen molar-refractivity contribution in [3.05, 3.63) is 52.8 Å². The molecular weight excluding hydrogens is 328 g/mol. The predicted molar refractivity (Wildman–Crippen MR) is 99.8 cm³/mol. The monoisotopic (exact) mass is 354 g/mol. The van der Waals surface area contributed by atoms with E-state index in [0.29, 0.717) is 5.92 Å². The lowest BCUT2D eigenvalue weighted by Gasteiger charge is -2.36. The summed E-state index contributed by atoms with van der Waals surface area (Å²) in [7, 11) is 3.37. The number of hydrogen-bond acceptors (Lipinski definition) is 5. The summed E-state index contributed by atoms with van der Waals surface area (Å²) in [5.41, 5.74) is 4.85. The molecule has 0 amide bonds. The third-order valence-electron chi connectivity index (χ3n) is 5.51. The summed E-state index contributed by atoms with van der Waals surface area (Å²) in [5, 5.41) is 3.84. The Morgan fingerprint density at radius 1 is 1.15 bits per heavy atom. The van der Waals surface area contributed by atoms with Crippen molar-refractivity contribution in [2.24, 2.45) is 5.92 Å². The van der Waals surface area contributed by atoms with E-state index >= 15 is 0 Å². The third-order valence-corrected chi connectivity index (χ3v) is 5.51. The first-order valence-electron chi connectivity index (χ1n) is 9.20. The minimum Gasteiger partial charge on any atom is -0.493 e. The molecule has 0 aliphatic carbocycles. The van der Waals surface area contributed by atoms with Crippen LogP contribution >= 0.6 is 0 Å². The van der Waals surface area contributed by atoms with Crippen LogP contribution in [0, 0.1) is 12.8 Å². The number of nitrogens with one attached hydrogen (secondary N) is 1. The molecule has 3 atom stereocenters. The molecule has 0 spiro atoms. The highest BCUT2D eigenvalue weighted by atomic mass is 16.5. The van der Waals surface area contributed by atoms with Gasteiger partial charge in [-0.3, -0.25) is 4.98 Å². The van der Waals surface area contributed by atoms with Gasteiger partial charge in [-0.25, -0.2) is 0 Å². The second kappa shape index (κ2) is 7.25. The second-order valence-corrected chi connectivity index (χ2v) is 7.19. The maximum Gasteiger partial charge on any atom is 0.161 e. The Morgan fingerprint density at radius 2 is 1.96 bits per heavy atom. The zero-order valence-corrected chi connectivity index (χ0v) is 15.6. The fourth-order valence-electron chi connectivity index (χ4n) is 4.07. The van der Waals surface area contributed by atoms with Crippen LogP contribution in [0.15, 0.2) is 30.5 Å². The molecule has 1 saturated heterocycles. The quantitative estimate of drug-likeness (QED) is 0.912. The summed E-state index contributed by atoms with van der Waals surface area (Å²) in [5.74, 6) is 2.02. The normalized spacial score (nSPS) is 25.0. The SMILES string of the molecule is COc1cc2c(cc1OC)[C@@H](C1CCOC1)N[C@@H](c1ccc(C)cn1)C2. The zero-order valence-electron chi connectivity index (χ0n) is 15.6. The lowest BCUT2D eigenvalue weighted by molar-refractivity contribution is 0.172. The van der Waals surface area contributed by atoms with E-state index in [1.807, 2.05) is 6.20 Å². The molecule has 138 valence electrons. The Labute approximate surface area is 154 Å². The van der Waals surface area contributed by atoms with Crippen molar-refractivity contribution in [1.29, 1.82) is 0 Å². The Hall–Kier alpha value is -2.11. The molecule has 4 rings (SSSR count). The second-order valence-electron chi connectivity index (χ2n) is 7.19. The van der Waals surface area contributed by atoms with Gasteiger partial charge in [0.15, 0.2) is 11.5 Å². The van der Waals surface area contributed by atoms with Gasteiger partial charge in [-0.15, -0.1) is 0 Å². The molecule has 1 aromatic heterocycles. The molecule has 5 heteroatoms. The van der Waals surface area contributed by atoms with Gasteiger partial charge in [0.1, 0.15) is 0 Å². The number of rotatable bonds is 4. The first-order chi connectivity index (χ1) is 12.7. The van der Waals surface area contributed by atoms with Crippen molar-refractivity contribution in [2.75, 3.05) is 27.4 Å². The van der Waals surface area contributed by atoms with Crippen LogP contribution in [-0.4, -0.2) is 32.4 Å². The standard InChI is InChI=1S/C21H26N2O3/c1-13-4-5-17(22-11-13)18-8-15-9-19(24-2)20(25-3)10-16(15)21(23-18)14-6-7-26-12-14/h4-5,9-11,14,18,21,23H,6-8,12H2,1-3H3/t14?,18-,21-/m1/s1. The van der Waals surface area contributed by atoms with E-state index in [1.165, 1.54) is 16.7 Å². The third kappa shape index (κ3) is 3.17. The highest BCUT2D eigenvalue weighted by Gasteiger charge is 2.35. The molecule has 1 aromatic carbocycles. The minimum absolute atomic E-state index is 0.187. The summed E-state index contributed by atoms with van der Waals surface area (Å²) in [6, 6.07) is 8.92. The molecule has 1 fully saturated rings. The van der Waals surface area contributed by atoms with Crippen LogP contribution in [0.3, 0.4) is 0 Å². The number of pyridine rings is 1. The molecule has 1 N–H and O–H groups in total. The Kier molecular flexibility index (Phi) is 4.83. The van der Waals surface area contributed by atoms with Gasteiger partial charge in [0.25, 0.3) is 0 Å². The van der Waals surface area contributed by atoms with E-state index in [0.717, 1.165) is 43.2 Å². The molecule has 0 bridgehead atoms. The lowest BCUT2D eigenvalue weighted by Crippen LogP contribution is -2.38. The Morgan fingerprint density at radius 3 is 2.62 bits per heavy atom. The van der Waals surface area contributed by atoms with Gasteiger partial charge in [-0.2, -0.15) is 0 Å². The highest BCUT2D eigenvalue weighted by Crippen LogP contribution is 2.42. The van der Waals surface area contributed by atoms with E-state index in [-0.39, 0.29) is 12.1 Å². The molecular formula is C21H26N2O3. The minimum atomic E-state index is 0.187. The van der Waals surface area contributed by atoms with Crippen LogP contribution in [-0.2, 0) is 11.2 Å². The van der Waals surface area contributed by atoms with Crippen molar-refractivity contribution in [3.8, 4) is 11.5 Å².